The molecule has 14 heteroatoms. The summed E-state index contributed by atoms with van der Waals surface area (Å²) in [5.41, 5.74) is 0. The second-order valence-corrected chi connectivity index (χ2v) is 32.5. The van der Waals surface area contributed by atoms with Gasteiger partial charge in [-0.25, -0.2) is 0 Å². The minimum Gasteiger partial charge on any atom is -0.300 e. The Morgan fingerprint density at radius 2 is 0.417 bits per heavy atom. The van der Waals surface area contributed by atoms with Crippen molar-refractivity contribution in [2.45, 2.75) is 413 Å². The highest BCUT2D eigenvalue weighted by atomic mass is 16.2. The first-order valence-corrected chi connectivity index (χ1v) is 46.7. The molecule has 0 aliphatic carbocycles. The molecule has 0 bridgehead atoms. The minimum absolute atomic E-state index is 0.156. The molecule has 0 aromatic carbocycles. The highest BCUT2D eigenvalue weighted by molar-refractivity contribution is 6.03. The van der Waals surface area contributed by atoms with E-state index in [-0.39, 0.29) is 23.6 Å². The third-order valence-electron chi connectivity index (χ3n) is 22.6. The van der Waals surface area contributed by atoms with Crippen molar-refractivity contribution < 1.29 is 19.2 Å². The van der Waals surface area contributed by atoms with E-state index in [1.54, 1.807) is 0 Å². The van der Waals surface area contributed by atoms with Crippen molar-refractivity contribution in [1.29, 1.82) is 0 Å². The molecule has 4 aliphatic rings. The SMILES string of the molecule is CCCCCCCCC=CCCCCCCCC(=O)N1CCCN=C1CN(CCN(CC1=NCCCN1C(=O)CCCCCCCC=CCCCCCCCC)CC1=NCCCN1C(=O)CCCCCCCC=CCCCCCCCC)CC1=NCCCN1C(=O)CCCCCCCC=CCCCCCCCC. The summed E-state index contributed by atoms with van der Waals surface area (Å²) < 4.78 is 0. The van der Waals surface area contributed by atoms with Gasteiger partial charge in [0.1, 0.15) is 23.3 Å². The second-order valence-electron chi connectivity index (χ2n) is 32.5. The molecule has 0 saturated carbocycles. The molecule has 0 aromatic rings. The summed E-state index contributed by atoms with van der Waals surface area (Å²) in [6.07, 6.45) is 87.9. The predicted molar refractivity (Wildman–Crippen MR) is 465 cm³/mol. The highest BCUT2D eigenvalue weighted by Gasteiger charge is 2.31. The Hall–Kier alpha value is -4.56. The third-order valence-corrected chi connectivity index (χ3v) is 22.6. The molecule has 0 fully saturated rings. The van der Waals surface area contributed by atoms with Crippen molar-refractivity contribution in [3.05, 3.63) is 48.6 Å². The Balaban J connectivity index is 1.48. The highest BCUT2D eigenvalue weighted by Crippen LogP contribution is 2.21. The van der Waals surface area contributed by atoms with Crippen LogP contribution in [0.25, 0.3) is 0 Å². The number of allylic oxidation sites excluding steroid dienone is 8. The van der Waals surface area contributed by atoms with Crippen molar-refractivity contribution in [1.82, 2.24) is 29.4 Å². The summed E-state index contributed by atoms with van der Waals surface area (Å²) >= 11 is 0. The monoisotopic (exact) mass is 1500 g/mol. The number of carbonyl (C=O) groups excluding carboxylic acids is 4. The zero-order valence-corrected chi connectivity index (χ0v) is 71.0. The number of aliphatic imine (C=N–C) groups is 4. The van der Waals surface area contributed by atoms with Crippen molar-refractivity contribution in [3.8, 4) is 0 Å². The molecule has 0 saturated heterocycles. The Kier molecular flexibility index (Phi) is 61.4. The van der Waals surface area contributed by atoms with Gasteiger partial charge in [-0.3, -0.25) is 68.5 Å². The van der Waals surface area contributed by atoms with Gasteiger partial charge in [-0.15, -0.1) is 0 Å². The molecule has 108 heavy (non-hydrogen) atoms. The Bertz CT molecular complexity index is 2170. The summed E-state index contributed by atoms with van der Waals surface area (Å²) in [6.45, 7) is 17.4. The fraction of sp³-hybridized carbons (Fsp3) is 0.830. The summed E-state index contributed by atoms with van der Waals surface area (Å²) in [5.74, 6) is 3.85. The van der Waals surface area contributed by atoms with Crippen molar-refractivity contribution in [3.63, 3.8) is 0 Å². The molecule has 4 amide bonds. The molecule has 4 aliphatic heterocycles. The molecular weight excluding hydrogens is 1330 g/mol. The summed E-state index contributed by atoms with van der Waals surface area (Å²) in [5, 5.41) is 0. The van der Waals surface area contributed by atoms with Crippen molar-refractivity contribution >= 4 is 47.0 Å². The first kappa shape index (κ1) is 95.8. The standard InChI is InChI=1S/C94H168N10O4/c1-5-9-13-17-21-25-29-33-37-41-45-49-53-57-61-69-91(105)101-77-65-73-95-87(101)83-99(84-88-96-74-66-78-102(88)92(106)70-62-58-54-50-46-42-38-34-30-26-22-18-14-10-6-2)81-82-100(85-89-97-75-67-79-103(89)93(107)71-63-59-55-51-47-43-39-35-31-27-23-19-15-11-7-3)86-90-98-76-68-80-104(90)94(108)72-64-60-56-52-48-44-40-36-32-28-24-20-16-12-8-4/h33-40H,5-32,41-86H2,1-4H3. The van der Waals surface area contributed by atoms with Crippen LogP contribution in [-0.4, -0.2) is 168 Å². The Labute approximate surface area is 665 Å². The number of rotatable bonds is 71. The van der Waals surface area contributed by atoms with E-state index in [1.165, 1.54) is 231 Å². The van der Waals surface area contributed by atoms with Crippen LogP contribution in [0.2, 0.25) is 0 Å². The van der Waals surface area contributed by atoms with E-state index in [0.29, 0.717) is 117 Å². The maximum absolute atomic E-state index is 14.5. The van der Waals surface area contributed by atoms with Crippen LogP contribution in [0.4, 0.5) is 0 Å². The van der Waals surface area contributed by atoms with Crippen LogP contribution in [0.3, 0.4) is 0 Å². The fourth-order valence-corrected chi connectivity index (χ4v) is 15.7. The average molecular weight is 1500 g/mol. The number of unbranched alkanes of at least 4 members (excludes halogenated alkanes) is 44. The zero-order chi connectivity index (χ0) is 76.9. The molecule has 0 spiro atoms. The Morgan fingerprint density at radius 1 is 0.250 bits per heavy atom. The molecular formula is C94H168N10O4. The van der Waals surface area contributed by atoms with E-state index in [9.17, 15) is 19.2 Å². The minimum atomic E-state index is 0.156. The van der Waals surface area contributed by atoms with Crippen LogP contribution >= 0.6 is 0 Å². The van der Waals surface area contributed by atoms with Crippen LogP contribution in [0, 0.1) is 0 Å². The maximum atomic E-state index is 14.5. The van der Waals surface area contributed by atoms with E-state index in [0.717, 1.165) is 152 Å². The lowest BCUT2D eigenvalue weighted by Crippen LogP contribution is -2.54. The van der Waals surface area contributed by atoms with Crippen LogP contribution < -0.4 is 0 Å². The molecule has 0 unspecified atom stereocenters. The fourth-order valence-electron chi connectivity index (χ4n) is 15.7. The van der Waals surface area contributed by atoms with Gasteiger partial charge in [-0.05, 0) is 154 Å². The van der Waals surface area contributed by atoms with Gasteiger partial charge in [0.25, 0.3) is 0 Å². The molecule has 14 nitrogen and oxygen atoms in total. The number of hydrogen-bond donors (Lipinski definition) is 0. The lowest BCUT2D eigenvalue weighted by atomic mass is 10.1. The summed E-state index contributed by atoms with van der Waals surface area (Å²) in [7, 11) is 0. The number of hydrogen-bond acceptors (Lipinski definition) is 10. The molecule has 0 atom stereocenters. The van der Waals surface area contributed by atoms with E-state index in [2.05, 4.69) is 86.1 Å². The Morgan fingerprint density at radius 3 is 0.602 bits per heavy atom. The third kappa shape index (κ3) is 49.1. The van der Waals surface area contributed by atoms with Crippen molar-refractivity contribution in [2.24, 2.45) is 20.0 Å². The predicted octanol–water partition coefficient (Wildman–Crippen LogP) is 24.3. The number of carbonyl (C=O) groups is 4. The van der Waals surface area contributed by atoms with Crippen LogP contribution in [-0.2, 0) is 19.2 Å². The van der Waals surface area contributed by atoms with E-state index in [1.807, 2.05) is 19.6 Å². The first-order valence-electron chi connectivity index (χ1n) is 46.7. The molecule has 618 valence electrons. The normalized spacial score (nSPS) is 15.4. The van der Waals surface area contributed by atoms with E-state index < -0.39 is 0 Å². The van der Waals surface area contributed by atoms with Gasteiger partial charge in [-0.2, -0.15) is 0 Å². The van der Waals surface area contributed by atoms with Gasteiger partial charge in [0.05, 0.1) is 26.2 Å². The van der Waals surface area contributed by atoms with Gasteiger partial charge < -0.3 is 0 Å². The zero-order valence-electron chi connectivity index (χ0n) is 71.0. The largest absolute Gasteiger partial charge is 0.300 e. The van der Waals surface area contributed by atoms with Crippen LogP contribution in [0.15, 0.2) is 68.6 Å². The molecule has 0 aromatic heterocycles. The average Bonchev–Trinajstić information content (AvgIpc) is 0.833. The molecule has 0 N–H and O–H groups in total. The van der Waals surface area contributed by atoms with E-state index in [4.69, 9.17) is 20.0 Å². The molecule has 4 rings (SSSR count). The number of nitrogens with zero attached hydrogens (tertiary/aromatic N) is 10. The van der Waals surface area contributed by atoms with Crippen LogP contribution in [0.1, 0.15) is 413 Å². The number of amides is 4. The second kappa shape index (κ2) is 69.2. The topological polar surface area (TPSA) is 137 Å². The maximum Gasteiger partial charge on any atom is 0.227 e. The van der Waals surface area contributed by atoms with Crippen LogP contribution in [0.5, 0.6) is 0 Å². The van der Waals surface area contributed by atoms with Gasteiger partial charge in [0.2, 0.25) is 23.6 Å². The van der Waals surface area contributed by atoms with Gasteiger partial charge in [0, 0.05) is 91.1 Å². The first-order chi connectivity index (χ1) is 53.3. The summed E-state index contributed by atoms with van der Waals surface area (Å²) in [4.78, 5) is 91.1. The summed E-state index contributed by atoms with van der Waals surface area (Å²) in [6, 6.07) is 0. The van der Waals surface area contributed by atoms with E-state index >= 15 is 0 Å². The lowest BCUT2D eigenvalue weighted by Gasteiger charge is -2.37. The van der Waals surface area contributed by atoms with Gasteiger partial charge in [0.15, 0.2) is 0 Å². The smallest absolute Gasteiger partial charge is 0.227 e. The number of amidine groups is 4. The lowest BCUT2D eigenvalue weighted by molar-refractivity contribution is -0.128. The van der Waals surface area contributed by atoms with Gasteiger partial charge >= 0.3 is 0 Å². The molecule has 0 radical (unpaired) electrons. The van der Waals surface area contributed by atoms with Crippen molar-refractivity contribution in [2.75, 3.05) is 91.6 Å². The molecule has 4 heterocycles. The van der Waals surface area contributed by atoms with Gasteiger partial charge in [-0.1, -0.05) is 282 Å². The quantitative estimate of drug-likeness (QED) is 0.0439.